The molecular formula is C30H36N6O. The molecule has 5 rings (SSSR count). The van der Waals surface area contributed by atoms with Crippen LogP contribution in [0.2, 0.25) is 0 Å². The first-order valence-electron chi connectivity index (χ1n) is 13.2. The van der Waals surface area contributed by atoms with Crippen molar-refractivity contribution in [2.24, 2.45) is 0 Å². The second kappa shape index (κ2) is 11.5. The number of piperidine rings is 1. The molecule has 1 fully saturated rings. The van der Waals surface area contributed by atoms with Crippen LogP contribution < -0.4 is 11.0 Å². The number of guanidine groups is 1. The highest BCUT2D eigenvalue weighted by Gasteiger charge is 2.25. The normalized spacial score (nSPS) is 15.2. The molecule has 0 bridgehead atoms. The van der Waals surface area contributed by atoms with Crippen LogP contribution in [-0.4, -0.2) is 51.0 Å². The van der Waals surface area contributed by atoms with E-state index in [4.69, 9.17) is 5.41 Å². The Morgan fingerprint density at radius 2 is 1.51 bits per heavy atom. The van der Waals surface area contributed by atoms with Crippen molar-refractivity contribution in [3.8, 4) is 0 Å². The maximum Gasteiger partial charge on any atom is 0.326 e. The summed E-state index contributed by atoms with van der Waals surface area (Å²) in [5.41, 5.74) is 4.38. The lowest BCUT2D eigenvalue weighted by Crippen LogP contribution is -2.49. The van der Waals surface area contributed by atoms with E-state index in [9.17, 15) is 4.79 Å². The fraction of sp³-hybridized carbons (Fsp3) is 0.333. The third-order valence-corrected chi connectivity index (χ3v) is 7.42. The predicted octanol–water partition coefficient (Wildman–Crippen LogP) is 4.58. The molecule has 1 aliphatic heterocycles. The van der Waals surface area contributed by atoms with Crippen LogP contribution in [0.4, 0.5) is 0 Å². The first kappa shape index (κ1) is 24.8. The molecule has 1 saturated heterocycles. The summed E-state index contributed by atoms with van der Waals surface area (Å²) in [7, 11) is 0. The van der Waals surface area contributed by atoms with Gasteiger partial charge >= 0.3 is 5.69 Å². The number of likely N-dealkylation sites (tertiary alicyclic amines) is 1. The molecule has 1 aliphatic rings. The molecule has 4 aromatic rings. The summed E-state index contributed by atoms with van der Waals surface area (Å²) >= 11 is 0. The lowest BCUT2D eigenvalue weighted by Gasteiger charge is -2.35. The molecule has 3 N–H and O–H groups in total. The second-order valence-electron chi connectivity index (χ2n) is 9.99. The molecule has 0 spiro atoms. The lowest BCUT2D eigenvalue weighted by atomic mass is 10.0. The number of imidazole rings is 1. The minimum Gasteiger partial charge on any atom is -0.355 e. The summed E-state index contributed by atoms with van der Waals surface area (Å²) in [5.74, 6) is 0.468. The number of para-hydroxylation sites is 2. The molecule has 0 radical (unpaired) electrons. The van der Waals surface area contributed by atoms with Crippen LogP contribution in [0.1, 0.15) is 36.9 Å². The highest BCUT2D eigenvalue weighted by molar-refractivity contribution is 5.77. The number of benzene rings is 3. The van der Waals surface area contributed by atoms with Gasteiger partial charge in [-0.1, -0.05) is 72.8 Å². The number of hydrogen-bond donors (Lipinski definition) is 3. The largest absolute Gasteiger partial charge is 0.355 e. The minimum absolute atomic E-state index is 0.0430. The van der Waals surface area contributed by atoms with Crippen molar-refractivity contribution >= 4 is 17.0 Å². The first-order valence-corrected chi connectivity index (χ1v) is 13.2. The van der Waals surface area contributed by atoms with E-state index < -0.39 is 0 Å². The molecule has 192 valence electrons. The highest BCUT2D eigenvalue weighted by Crippen LogP contribution is 2.24. The van der Waals surface area contributed by atoms with E-state index in [1.807, 2.05) is 28.8 Å². The number of hydrogen-bond acceptors (Lipinski definition) is 3. The molecule has 7 heteroatoms. The molecule has 2 heterocycles. The molecule has 7 nitrogen and oxygen atoms in total. The standard InChI is InChI=1S/C30H36N6O/c1-23(35(21-24-10-4-2-5-11-24)22-25-12-6-3-7-13-25)20-32-29(31)34-18-16-26(17-19-34)36-28-15-9-8-14-27(28)33-30(36)37/h2-15,23,26H,16-22H2,1H3,(H2,31,32)(H,33,37)/t23-/m0/s1. The van der Waals surface area contributed by atoms with Gasteiger partial charge in [-0.15, -0.1) is 0 Å². The summed E-state index contributed by atoms with van der Waals surface area (Å²) in [6, 6.07) is 29.4. The van der Waals surface area contributed by atoms with E-state index in [1.54, 1.807) is 0 Å². The summed E-state index contributed by atoms with van der Waals surface area (Å²) in [6.45, 7) is 6.15. The van der Waals surface area contributed by atoms with Gasteiger partial charge in [-0.3, -0.25) is 14.9 Å². The number of nitrogens with zero attached hydrogens (tertiary/aromatic N) is 3. The van der Waals surface area contributed by atoms with Gasteiger partial charge in [0.05, 0.1) is 11.0 Å². The van der Waals surface area contributed by atoms with Crippen molar-refractivity contribution in [1.29, 1.82) is 5.41 Å². The van der Waals surface area contributed by atoms with Crippen molar-refractivity contribution in [2.45, 2.75) is 44.9 Å². The van der Waals surface area contributed by atoms with Crippen molar-refractivity contribution < 1.29 is 0 Å². The average molecular weight is 497 g/mol. The van der Waals surface area contributed by atoms with E-state index in [2.05, 4.69) is 87.7 Å². The van der Waals surface area contributed by atoms with Crippen molar-refractivity contribution in [3.63, 3.8) is 0 Å². The van der Waals surface area contributed by atoms with Crippen molar-refractivity contribution in [2.75, 3.05) is 19.6 Å². The number of nitrogens with one attached hydrogen (secondary N) is 3. The van der Waals surface area contributed by atoms with Crippen LogP contribution >= 0.6 is 0 Å². The summed E-state index contributed by atoms with van der Waals surface area (Å²) in [4.78, 5) is 20.1. The minimum atomic E-state index is -0.0430. The first-order chi connectivity index (χ1) is 18.1. The Balaban J connectivity index is 1.17. The van der Waals surface area contributed by atoms with E-state index in [-0.39, 0.29) is 17.8 Å². The molecule has 0 amide bonds. The van der Waals surface area contributed by atoms with Gasteiger partial charge in [-0.2, -0.15) is 0 Å². The fourth-order valence-corrected chi connectivity index (χ4v) is 5.27. The van der Waals surface area contributed by atoms with Gasteiger partial charge in [0.1, 0.15) is 0 Å². The van der Waals surface area contributed by atoms with Crippen LogP contribution in [0.5, 0.6) is 0 Å². The van der Waals surface area contributed by atoms with Crippen LogP contribution in [-0.2, 0) is 13.1 Å². The molecule has 0 aliphatic carbocycles. The Morgan fingerprint density at radius 1 is 0.946 bits per heavy atom. The molecule has 37 heavy (non-hydrogen) atoms. The van der Waals surface area contributed by atoms with Gasteiger partial charge < -0.3 is 15.2 Å². The quantitative estimate of drug-likeness (QED) is 0.246. The summed E-state index contributed by atoms with van der Waals surface area (Å²) in [6.07, 6.45) is 1.69. The van der Waals surface area contributed by atoms with E-state index in [1.165, 1.54) is 11.1 Å². The Bertz CT molecular complexity index is 1310. The topological polar surface area (TPSA) is 80.1 Å². The summed E-state index contributed by atoms with van der Waals surface area (Å²) < 4.78 is 1.90. The second-order valence-corrected chi connectivity index (χ2v) is 9.99. The number of aromatic nitrogens is 2. The molecular weight excluding hydrogens is 460 g/mol. The zero-order valence-electron chi connectivity index (χ0n) is 21.4. The molecule has 3 aromatic carbocycles. The average Bonchev–Trinajstić information content (AvgIpc) is 3.28. The fourth-order valence-electron chi connectivity index (χ4n) is 5.27. The highest BCUT2D eigenvalue weighted by atomic mass is 16.1. The van der Waals surface area contributed by atoms with E-state index >= 15 is 0 Å². The van der Waals surface area contributed by atoms with Crippen LogP contribution in [0, 0.1) is 5.41 Å². The zero-order chi connectivity index (χ0) is 25.6. The maximum absolute atomic E-state index is 12.6. The third kappa shape index (κ3) is 5.94. The zero-order valence-corrected chi connectivity index (χ0v) is 21.4. The van der Waals surface area contributed by atoms with Gasteiger partial charge in [-0.05, 0) is 43.0 Å². The molecule has 0 unspecified atom stereocenters. The van der Waals surface area contributed by atoms with Crippen molar-refractivity contribution in [3.05, 3.63) is 107 Å². The van der Waals surface area contributed by atoms with Gasteiger partial charge in [-0.25, -0.2) is 4.79 Å². The van der Waals surface area contributed by atoms with Gasteiger partial charge in [0.25, 0.3) is 0 Å². The smallest absolute Gasteiger partial charge is 0.326 e. The third-order valence-electron chi connectivity index (χ3n) is 7.42. The number of H-pyrrole nitrogens is 1. The Hall–Kier alpha value is -3.84. The van der Waals surface area contributed by atoms with Crippen LogP contribution in [0.15, 0.2) is 89.7 Å². The molecule has 1 atom stereocenters. The van der Waals surface area contributed by atoms with Crippen molar-refractivity contribution in [1.82, 2.24) is 24.7 Å². The van der Waals surface area contributed by atoms with E-state index in [0.717, 1.165) is 50.1 Å². The monoisotopic (exact) mass is 496 g/mol. The predicted molar refractivity (Wildman–Crippen MR) is 150 cm³/mol. The summed E-state index contributed by atoms with van der Waals surface area (Å²) in [5, 5.41) is 12.1. The van der Waals surface area contributed by atoms with Crippen LogP contribution in [0.25, 0.3) is 11.0 Å². The lowest BCUT2D eigenvalue weighted by molar-refractivity contribution is 0.188. The Labute approximate surface area is 218 Å². The van der Waals surface area contributed by atoms with Gasteiger partial charge in [0.2, 0.25) is 0 Å². The number of rotatable bonds is 8. The SMILES string of the molecule is C[C@@H](CNC(=N)N1CCC(n2c(=O)[nH]c3ccccc32)CC1)N(Cc1ccccc1)Cc1ccccc1. The van der Waals surface area contributed by atoms with E-state index in [0.29, 0.717) is 12.5 Å². The van der Waals surface area contributed by atoms with Crippen LogP contribution in [0.3, 0.4) is 0 Å². The van der Waals surface area contributed by atoms with Gasteiger partial charge in [0, 0.05) is 44.8 Å². The number of aromatic amines is 1. The molecule has 1 aromatic heterocycles. The van der Waals surface area contributed by atoms with Gasteiger partial charge in [0.15, 0.2) is 5.96 Å². The maximum atomic E-state index is 12.6. The Morgan fingerprint density at radius 3 is 2.14 bits per heavy atom. The number of fused-ring (bicyclic) bond motifs is 1. The Kier molecular flexibility index (Phi) is 7.70. The molecule has 0 saturated carbocycles.